The number of nitrogens with two attached hydrogens (primary N) is 2. The summed E-state index contributed by atoms with van der Waals surface area (Å²) in [5.41, 5.74) is 14.4. The van der Waals surface area contributed by atoms with Crippen molar-refractivity contribution in [1.82, 2.24) is 73.1 Å². The van der Waals surface area contributed by atoms with E-state index >= 15 is 0 Å². The SMILES string of the molecule is C.C.C.CC1(C)O[C@H]2[C@H](n3ccc4c(Cl)ncnc43)O[C@H](CO)[C@@]2(C)O1.CON.CONc1ncnc2c1ccn2[C@@H]1O[C@H](COc2ccc3ccc(C)nc3c2)[C@@]2(C)OC(C)(C)O[C@@H]12.CONc1ncnc2c1ccn2[C@@H]1O[C@H](COc2ccc3ccc(N)nc3c2)[C@@](C)(O)[C@H]1O.Cc1ccc2ccc(OC[C@H]3O[C@@H](n4ccc5c(Cl)ncnc54)[C@@H]4OC(C)(C)O[C@]34C)cc2n1.Cl. The lowest BCUT2D eigenvalue weighted by molar-refractivity contribution is -0.214. The third kappa shape index (κ3) is 19.3. The molecule has 3 aromatic carbocycles. The van der Waals surface area contributed by atoms with Crippen molar-refractivity contribution in [3.8, 4) is 17.2 Å². The third-order valence-corrected chi connectivity index (χ3v) is 24.5. The molecule has 14 aromatic rings. The Labute approximate surface area is 783 Å². The minimum atomic E-state index is -1.57. The molecule has 16 atom stereocenters. The van der Waals surface area contributed by atoms with Gasteiger partial charge in [0.2, 0.25) is 0 Å². The molecule has 21 rings (SSSR count). The Morgan fingerprint density at radius 2 is 0.744 bits per heavy atom. The molecule has 7 fully saturated rings. The maximum absolute atomic E-state index is 11.0. The number of nitrogens with one attached hydrogen (secondary N) is 2. The first kappa shape index (κ1) is 99.8. The number of pyridine rings is 3. The zero-order valence-electron chi connectivity index (χ0n) is 73.7. The van der Waals surface area contributed by atoms with Crippen LogP contribution in [-0.4, -0.2) is 225 Å². The van der Waals surface area contributed by atoms with Gasteiger partial charge in [0.15, 0.2) is 53.9 Å². The number of rotatable bonds is 18. The van der Waals surface area contributed by atoms with Crippen LogP contribution in [0.1, 0.15) is 128 Å². The monoisotopic (exact) mass is 1890 g/mol. The molecule has 0 unspecified atom stereocenters. The fraction of sp³-hybridized carbons (Fsp3) is 0.446. The summed E-state index contributed by atoms with van der Waals surface area (Å²) in [6.07, 6.45) is 6.34. The summed E-state index contributed by atoms with van der Waals surface area (Å²) < 4.78 is 88.5. The number of aryl methyl sites for hydroxylation is 2. The molecular weight excluding hydrogens is 1780 g/mol. The zero-order chi connectivity index (χ0) is 91.0. The summed E-state index contributed by atoms with van der Waals surface area (Å²) in [6, 6.07) is 36.4. The number of anilines is 3. The van der Waals surface area contributed by atoms with Gasteiger partial charge in [-0.3, -0.25) is 19.6 Å². The van der Waals surface area contributed by atoms with Crippen molar-refractivity contribution in [1.29, 1.82) is 0 Å². The highest BCUT2D eigenvalue weighted by Gasteiger charge is 2.67. The highest BCUT2D eigenvalue weighted by Crippen LogP contribution is 2.55. The summed E-state index contributed by atoms with van der Waals surface area (Å²) >= 11 is 12.4. The van der Waals surface area contributed by atoms with E-state index in [1.165, 1.54) is 46.5 Å². The summed E-state index contributed by atoms with van der Waals surface area (Å²) in [7, 11) is 4.43. The molecule has 7 aliphatic rings. The van der Waals surface area contributed by atoms with Crippen LogP contribution in [0.2, 0.25) is 10.3 Å². The number of aliphatic hydroxyl groups is 3. The van der Waals surface area contributed by atoms with E-state index in [-0.39, 0.29) is 85.5 Å². The number of benzene rings is 3. The van der Waals surface area contributed by atoms with Crippen LogP contribution < -0.4 is 36.8 Å². The van der Waals surface area contributed by atoms with Crippen LogP contribution in [0.15, 0.2) is 165 Å². The van der Waals surface area contributed by atoms with E-state index in [1.54, 1.807) is 42.1 Å². The lowest BCUT2D eigenvalue weighted by atomic mass is 9.95. The number of aliphatic hydroxyl groups excluding tert-OH is 2. The maximum Gasteiger partial charge on any atom is 0.165 e. The molecule has 11 aromatic heterocycles. The van der Waals surface area contributed by atoms with Gasteiger partial charge in [-0.15, -0.1) is 12.4 Å². The number of aromatic nitrogens is 15. The molecule has 7 aliphatic heterocycles. The molecule has 0 aliphatic carbocycles. The standard InChI is InChI=1S/C26H29N5O5.C25H25ClN4O4.C22H24N6O5.C15H18ClN3O4.CH5NO.3CH4.ClH/c1-15-6-7-16-8-9-17(12-19(16)29-15)33-13-20-26(4)21(35-25(2,3)36-26)24(34-20)31-11-10-18-22(30-32-5)27-14-28-23(18)31;1-14-5-6-15-7-8-16(11-18(15)29-14)31-12-19-25(4)20(33-24(2,3)34-25)23(32-19)30-10-9-17-21(26)27-13-28-22(17)30;1-22(30)16(10-32-13-5-3-12-4-6-17(23)26-15(12)9-13)33-21(18(22)29)28-8-7-14-19(27-31-2)24-11-25-20(14)28;1-14(2)22-10-13(21-9(6-20)15(10,3)23-14)19-5-4-8-11(16)17-7-18-12(8)19;1-3-2;;;;/h6-12,14,20-21,24H,13H2,1-5H3,(H,27,28,30);5-11,13,19-20,23H,12H2,1-4H3;3-9,11,16,18,21,29-30H,10H2,1-2H3,(H2,23,26)(H,24,25,27);4-5,7,9-10,13,20H,6H2,1-3H3;2H2,1H3;3*1H4;1H/t20-,21+,24-,26-;19-,20+,23-,25-;16-,18+,21-,22-;9-,10+,13-,15-;;;;;/m1111...../s1. The Kier molecular flexibility index (Phi) is 29.5. The third-order valence-electron chi connectivity index (χ3n) is 23.8. The van der Waals surface area contributed by atoms with Crippen molar-refractivity contribution >= 4 is 130 Å². The normalized spacial score (nSPS) is 27.0. The van der Waals surface area contributed by atoms with Gasteiger partial charge in [0, 0.05) is 70.5 Å². The number of hydrogen-bond acceptors (Lipinski definition) is 34. The van der Waals surface area contributed by atoms with Crippen LogP contribution in [0.25, 0.3) is 76.8 Å². The van der Waals surface area contributed by atoms with Gasteiger partial charge in [0.1, 0.15) is 172 Å². The van der Waals surface area contributed by atoms with Crippen LogP contribution in [-0.2, 0) is 61.9 Å². The van der Waals surface area contributed by atoms with Crippen molar-refractivity contribution < 1.29 is 91.4 Å². The molecule has 0 spiro atoms. The number of halogens is 3. The van der Waals surface area contributed by atoms with Crippen LogP contribution in [0.3, 0.4) is 0 Å². The van der Waals surface area contributed by atoms with E-state index in [1.807, 2.05) is 187 Å². The number of nitrogen functional groups attached to an aromatic ring is 1. The van der Waals surface area contributed by atoms with Gasteiger partial charge in [0.25, 0.3) is 0 Å². The van der Waals surface area contributed by atoms with Gasteiger partial charge in [-0.25, -0.2) is 61.7 Å². The number of ether oxygens (including phenoxy) is 13. The summed E-state index contributed by atoms with van der Waals surface area (Å²) in [5, 5.41) is 38.5. The quantitative estimate of drug-likeness (QED) is 0.0310. The van der Waals surface area contributed by atoms with Crippen molar-refractivity contribution in [3.05, 3.63) is 187 Å². The molecule has 7 saturated heterocycles. The second-order valence-electron chi connectivity index (χ2n) is 34.2. The first-order valence-electron chi connectivity index (χ1n) is 41.6. The number of nitrogens with zero attached hydrogens (tertiary/aromatic N) is 15. The van der Waals surface area contributed by atoms with Crippen LogP contribution in [0.4, 0.5) is 17.5 Å². The minimum absolute atomic E-state index is 0. The Morgan fingerprint density at radius 1 is 0.429 bits per heavy atom. The van der Waals surface area contributed by atoms with Crippen molar-refractivity contribution in [3.63, 3.8) is 0 Å². The Bertz CT molecular complexity index is 6450. The molecule has 133 heavy (non-hydrogen) atoms. The van der Waals surface area contributed by atoms with E-state index < -0.39 is 89.1 Å². The Hall–Kier alpha value is -10.6. The van der Waals surface area contributed by atoms with E-state index in [2.05, 4.69) is 88.7 Å². The van der Waals surface area contributed by atoms with Crippen LogP contribution >= 0.6 is 35.6 Å². The highest BCUT2D eigenvalue weighted by molar-refractivity contribution is 6.34. The predicted molar refractivity (Wildman–Crippen MR) is 500 cm³/mol. The van der Waals surface area contributed by atoms with Crippen LogP contribution in [0.5, 0.6) is 17.2 Å². The van der Waals surface area contributed by atoms with E-state index in [0.29, 0.717) is 67.0 Å². The number of fused-ring (bicyclic) bond motifs is 10. The fourth-order valence-corrected chi connectivity index (χ4v) is 18.2. The fourth-order valence-electron chi connectivity index (χ4n) is 17.8. The topological polar surface area (TPSA) is 446 Å². The molecule has 18 heterocycles. The van der Waals surface area contributed by atoms with Gasteiger partial charge in [-0.05, 0) is 168 Å². The molecule has 9 N–H and O–H groups in total. The molecule has 0 amide bonds. The Morgan fingerprint density at radius 3 is 1.13 bits per heavy atom. The van der Waals surface area contributed by atoms with E-state index in [9.17, 15) is 15.3 Å². The highest BCUT2D eigenvalue weighted by atomic mass is 35.5. The van der Waals surface area contributed by atoms with Gasteiger partial charge < -0.3 is 106 Å². The summed E-state index contributed by atoms with van der Waals surface area (Å²) in [4.78, 5) is 61.3. The van der Waals surface area contributed by atoms with E-state index in [4.69, 9.17) is 100 Å². The van der Waals surface area contributed by atoms with Crippen molar-refractivity contribution in [2.75, 3.05) is 64.5 Å². The summed E-state index contributed by atoms with van der Waals surface area (Å²) in [5.74, 6) is 5.53. The molecule has 0 radical (unpaired) electrons. The molecule has 38 nitrogen and oxygen atoms in total. The summed E-state index contributed by atoms with van der Waals surface area (Å²) in [6.45, 7) is 23.2. The predicted octanol–water partition coefficient (Wildman–Crippen LogP) is 14.3. The maximum atomic E-state index is 11.0. The van der Waals surface area contributed by atoms with Crippen molar-refractivity contribution in [2.45, 2.75) is 219 Å². The minimum Gasteiger partial charge on any atom is -0.491 e. The first-order chi connectivity index (χ1) is 61.7. The smallest absolute Gasteiger partial charge is 0.165 e. The van der Waals surface area contributed by atoms with Gasteiger partial charge in [0.05, 0.1) is 66.0 Å². The first-order valence-corrected chi connectivity index (χ1v) is 42.4. The average molecular weight is 1900 g/mol. The molecule has 41 heteroatoms. The molecule has 0 bridgehead atoms. The Balaban J connectivity index is 0.000000149. The van der Waals surface area contributed by atoms with Gasteiger partial charge >= 0.3 is 0 Å². The van der Waals surface area contributed by atoms with Gasteiger partial charge in [-0.2, -0.15) is 0 Å². The zero-order valence-corrected chi connectivity index (χ0v) is 76.1. The molecule has 712 valence electrons. The van der Waals surface area contributed by atoms with Crippen LogP contribution in [0, 0.1) is 13.8 Å². The average Bonchev–Trinajstić information content (AvgIpc) is 1.57. The lowest BCUT2D eigenvalue weighted by Gasteiger charge is -2.29. The largest absolute Gasteiger partial charge is 0.491 e. The van der Waals surface area contributed by atoms with Gasteiger partial charge in [-0.1, -0.05) is 57.6 Å². The second kappa shape index (κ2) is 39.4. The lowest BCUT2D eigenvalue weighted by Crippen LogP contribution is -2.47. The second-order valence-corrected chi connectivity index (χ2v) is 34.9. The van der Waals surface area contributed by atoms with E-state index in [0.717, 1.165) is 66.2 Å². The molecular formula is C92H114Cl3N19O19. The molecule has 0 saturated carbocycles. The number of hydrogen-bond donors (Lipinski definition) is 7. The van der Waals surface area contributed by atoms with Crippen molar-refractivity contribution in [2.24, 2.45) is 5.90 Å².